The van der Waals surface area contributed by atoms with Crippen molar-refractivity contribution in [3.05, 3.63) is 0 Å². The Morgan fingerprint density at radius 1 is 1.67 bits per heavy atom. The van der Waals surface area contributed by atoms with Gasteiger partial charge in [0.15, 0.2) is 0 Å². The minimum atomic E-state index is 0.372. The second-order valence-electron chi connectivity index (χ2n) is 2.73. The zero-order valence-electron chi connectivity index (χ0n) is 6.01. The molecule has 1 heterocycles. The molecule has 0 spiro atoms. The minimum Gasteiger partial charge on any atom is -0.396 e. The van der Waals surface area contributed by atoms with E-state index in [2.05, 4.69) is 11.8 Å². The largest absolute Gasteiger partial charge is 0.396 e. The van der Waals surface area contributed by atoms with E-state index in [1.807, 2.05) is 0 Å². The number of likely N-dealkylation sites (tertiary alicyclic amines) is 1. The van der Waals surface area contributed by atoms with E-state index >= 15 is 0 Å². The molecule has 0 radical (unpaired) electrons. The van der Waals surface area contributed by atoms with Crippen molar-refractivity contribution in [3.8, 4) is 0 Å². The lowest BCUT2D eigenvalue weighted by Crippen LogP contribution is -2.20. The second kappa shape index (κ2) is 3.18. The summed E-state index contributed by atoms with van der Waals surface area (Å²) in [4.78, 5) is 2.38. The van der Waals surface area contributed by atoms with Crippen molar-refractivity contribution in [2.75, 3.05) is 26.2 Å². The minimum absolute atomic E-state index is 0.372. The van der Waals surface area contributed by atoms with Gasteiger partial charge in [-0.25, -0.2) is 0 Å². The van der Waals surface area contributed by atoms with Crippen molar-refractivity contribution < 1.29 is 5.11 Å². The summed E-state index contributed by atoms with van der Waals surface area (Å²) in [6.07, 6.45) is 1.18. The first kappa shape index (κ1) is 7.03. The first-order valence-corrected chi connectivity index (χ1v) is 3.70. The Labute approximate surface area is 56.5 Å². The van der Waals surface area contributed by atoms with Crippen LogP contribution in [0.2, 0.25) is 0 Å². The maximum atomic E-state index is 8.75. The fraction of sp³-hybridized carbons (Fsp3) is 1.00. The molecule has 1 fully saturated rings. The lowest BCUT2D eigenvalue weighted by atomic mass is 10.1. The molecule has 1 aliphatic heterocycles. The lowest BCUT2D eigenvalue weighted by Gasteiger charge is -2.10. The van der Waals surface area contributed by atoms with Crippen molar-refractivity contribution in [2.45, 2.75) is 13.3 Å². The van der Waals surface area contributed by atoms with Gasteiger partial charge in [0.05, 0.1) is 0 Å². The van der Waals surface area contributed by atoms with Crippen LogP contribution in [0.25, 0.3) is 0 Å². The van der Waals surface area contributed by atoms with Gasteiger partial charge in [0.2, 0.25) is 0 Å². The maximum absolute atomic E-state index is 8.75. The number of nitrogens with zero attached hydrogens (tertiary/aromatic N) is 1. The van der Waals surface area contributed by atoms with E-state index in [0.717, 1.165) is 13.1 Å². The van der Waals surface area contributed by atoms with Gasteiger partial charge in [-0.2, -0.15) is 0 Å². The van der Waals surface area contributed by atoms with Crippen LogP contribution in [0.15, 0.2) is 0 Å². The summed E-state index contributed by atoms with van der Waals surface area (Å²) < 4.78 is 0. The predicted octanol–water partition coefficient (Wildman–Crippen LogP) is 0.321. The van der Waals surface area contributed by atoms with Crippen LogP contribution < -0.4 is 0 Å². The molecule has 0 saturated carbocycles. The summed E-state index contributed by atoms with van der Waals surface area (Å²) in [6, 6.07) is 0. The summed E-state index contributed by atoms with van der Waals surface area (Å²) in [7, 11) is 0. The highest BCUT2D eigenvalue weighted by Crippen LogP contribution is 2.13. The highest BCUT2D eigenvalue weighted by molar-refractivity contribution is 4.73. The van der Waals surface area contributed by atoms with Gasteiger partial charge in [0.25, 0.3) is 0 Å². The molecule has 2 nitrogen and oxygen atoms in total. The molecule has 1 unspecified atom stereocenters. The normalized spacial score (nSPS) is 29.3. The fourth-order valence-electron chi connectivity index (χ4n) is 1.35. The third-order valence-electron chi connectivity index (χ3n) is 2.08. The zero-order valence-corrected chi connectivity index (χ0v) is 6.01. The summed E-state index contributed by atoms with van der Waals surface area (Å²) >= 11 is 0. The van der Waals surface area contributed by atoms with Gasteiger partial charge in [-0.15, -0.1) is 0 Å². The third-order valence-corrected chi connectivity index (χ3v) is 2.08. The lowest BCUT2D eigenvalue weighted by molar-refractivity contribution is 0.223. The Morgan fingerprint density at radius 3 is 2.78 bits per heavy atom. The number of rotatable bonds is 2. The number of hydrogen-bond donors (Lipinski definition) is 1. The SMILES string of the molecule is CCN1CCC(CO)C1. The van der Waals surface area contributed by atoms with Crippen LogP contribution in [0.5, 0.6) is 0 Å². The van der Waals surface area contributed by atoms with Gasteiger partial charge in [-0.3, -0.25) is 0 Å². The van der Waals surface area contributed by atoms with Crippen LogP contribution in [0.1, 0.15) is 13.3 Å². The molecule has 0 bridgehead atoms. The van der Waals surface area contributed by atoms with Crippen molar-refractivity contribution in [2.24, 2.45) is 5.92 Å². The van der Waals surface area contributed by atoms with E-state index in [0.29, 0.717) is 12.5 Å². The van der Waals surface area contributed by atoms with Gasteiger partial charge >= 0.3 is 0 Å². The Morgan fingerprint density at radius 2 is 2.44 bits per heavy atom. The molecule has 0 aromatic carbocycles. The van der Waals surface area contributed by atoms with Crippen molar-refractivity contribution in [1.82, 2.24) is 4.90 Å². The summed E-state index contributed by atoms with van der Waals surface area (Å²) in [5.74, 6) is 0.560. The number of aliphatic hydroxyl groups excluding tert-OH is 1. The van der Waals surface area contributed by atoms with E-state index in [1.54, 1.807) is 0 Å². The number of hydrogen-bond acceptors (Lipinski definition) is 2. The molecule has 0 aromatic heterocycles. The van der Waals surface area contributed by atoms with Gasteiger partial charge in [0, 0.05) is 13.2 Å². The summed E-state index contributed by atoms with van der Waals surface area (Å²) in [5, 5.41) is 8.75. The van der Waals surface area contributed by atoms with Gasteiger partial charge < -0.3 is 10.0 Å². The molecule has 0 amide bonds. The van der Waals surface area contributed by atoms with Crippen molar-refractivity contribution >= 4 is 0 Å². The second-order valence-corrected chi connectivity index (χ2v) is 2.73. The molecule has 1 rings (SSSR count). The molecule has 0 aliphatic carbocycles. The first-order valence-electron chi connectivity index (χ1n) is 3.70. The van der Waals surface area contributed by atoms with Gasteiger partial charge in [-0.05, 0) is 25.4 Å². The van der Waals surface area contributed by atoms with E-state index in [9.17, 15) is 0 Å². The van der Waals surface area contributed by atoms with E-state index < -0.39 is 0 Å². The Bertz CT molecular complexity index is 75.0. The standard InChI is InChI=1S/C7H15NO/c1-2-8-4-3-7(5-8)6-9/h7,9H,2-6H2,1H3. The van der Waals surface area contributed by atoms with Crippen LogP contribution in [-0.4, -0.2) is 36.2 Å². The van der Waals surface area contributed by atoms with E-state index in [4.69, 9.17) is 5.11 Å². The Hall–Kier alpha value is -0.0800. The van der Waals surface area contributed by atoms with Crippen molar-refractivity contribution in [1.29, 1.82) is 0 Å². The summed E-state index contributed by atoms with van der Waals surface area (Å²) in [5.41, 5.74) is 0. The highest BCUT2D eigenvalue weighted by Gasteiger charge is 2.19. The monoisotopic (exact) mass is 129 g/mol. The quantitative estimate of drug-likeness (QED) is 0.580. The molecule has 1 N–H and O–H groups in total. The van der Waals surface area contributed by atoms with Crippen LogP contribution in [-0.2, 0) is 0 Å². The van der Waals surface area contributed by atoms with E-state index in [-0.39, 0.29) is 0 Å². The van der Waals surface area contributed by atoms with Crippen LogP contribution in [0.3, 0.4) is 0 Å². The van der Waals surface area contributed by atoms with Crippen LogP contribution in [0.4, 0.5) is 0 Å². The molecular formula is C7H15NO. The topological polar surface area (TPSA) is 23.5 Å². The molecule has 9 heavy (non-hydrogen) atoms. The molecule has 1 aliphatic rings. The van der Waals surface area contributed by atoms with Crippen LogP contribution in [0, 0.1) is 5.92 Å². The average molecular weight is 129 g/mol. The highest BCUT2D eigenvalue weighted by atomic mass is 16.3. The predicted molar refractivity (Wildman–Crippen MR) is 37.3 cm³/mol. The maximum Gasteiger partial charge on any atom is 0.0471 e. The fourth-order valence-corrected chi connectivity index (χ4v) is 1.35. The summed E-state index contributed by atoms with van der Waals surface area (Å²) in [6.45, 7) is 5.96. The van der Waals surface area contributed by atoms with E-state index in [1.165, 1.54) is 13.0 Å². The Balaban J connectivity index is 2.20. The molecule has 2 heteroatoms. The molecule has 1 atom stereocenters. The smallest absolute Gasteiger partial charge is 0.0471 e. The van der Waals surface area contributed by atoms with Gasteiger partial charge in [0.1, 0.15) is 0 Å². The first-order chi connectivity index (χ1) is 4.36. The van der Waals surface area contributed by atoms with Gasteiger partial charge in [-0.1, -0.05) is 6.92 Å². The van der Waals surface area contributed by atoms with Crippen molar-refractivity contribution in [3.63, 3.8) is 0 Å². The molecule has 54 valence electrons. The third kappa shape index (κ3) is 1.66. The molecular weight excluding hydrogens is 114 g/mol. The van der Waals surface area contributed by atoms with Crippen LogP contribution >= 0.6 is 0 Å². The molecule has 1 saturated heterocycles. The zero-order chi connectivity index (χ0) is 6.69. The molecule has 0 aromatic rings. The average Bonchev–Trinajstić information content (AvgIpc) is 2.34. The number of aliphatic hydroxyl groups is 1. The Kier molecular flexibility index (Phi) is 2.49.